The minimum absolute atomic E-state index is 0.169. The van der Waals surface area contributed by atoms with Gasteiger partial charge in [-0.25, -0.2) is 4.39 Å². The summed E-state index contributed by atoms with van der Waals surface area (Å²) in [6.07, 6.45) is -0.712. The summed E-state index contributed by atoms with van der Waals surface area (Å²) < 4.78 is 18.1. The average molecular weight is 389 g/mol. The second kappa shape index (κ2) is 10.1. The van der Waals surface area contributed by atoms with Gasteiger partial charge in [0, 0.05) is 16.3 Å². The van der Waals surface area contributed by atoms with Crippen LogP contribution in [0.25, 0.3) is 0 Å². The summed E-state index contributed by atoms with van der Waals surface area (Å²) in [5, 5.41) is 2.83. The molecule has 144 valence electrons. The molecule has 0 saturated heterocycles. The molecule has 0 bridgehead atoms. The van der Waals surface area contributed by atoms with Gasteiger partial charge in [-0.15, -0.1) is 11.8 Å². The summed E-state index contributed by atoms with van der Waals surface area (Å²) in [5.41, 5.74) is 1.76. The first kappa shape index (κ1) is 21.0. The highest BCUT2D eigenvalue weighted by molar-refractivity contribution is 7.99. The predicted molar refractivity (Wildman–Crippen MR) is 106 cm³/mol. The Bertz CT molecular complexity index is 777. The van der Waals surface area contributed by atoms with Crippen LogP contribution in [0, 0.1) is 5.82 Å². The van der Waals surface area contributed by atoms with E-state index in [-0.39, 0.29) is 24.1 Å². The smallest absolute Gasteiger partial charge is 0.307 e. The van der Waals surface area contributed by atoms with E-state index in [1.807, 2.05) is 38.1 Å². The molecule has 4 nitrogen and oxygen atoms in total. The Kier molecular flexibility index (Phi) is 7.85. The van der Waals surface area contributed by atoms with Gasteiger partial charge in [-0.1, -0.05) is 32.0 Å². The Balaban J connectivity index is 1.80. The maximum atomic E-state index is 12.9. The number of amides is 1. The molecule has 0 aliphatic carbocycles. The molecule has 27 heavy (non-hydrogen) atoms. The minimum Gasteiger partial charge on any atom is -0.453 e. The molecule has 2 rings (SSSR count). The molecule has 0 unspecified atom stereocenters. The minimum atomic E-state index is -0.881. The van der Waals surface area contributed by atoms with Gasteiger partial charge < -0.3 is 10.1 Å². The van der Waals surface area contributed by atoms with Gasteiger partial charge >= 0.3 is 5.97 Å². The third kappa shape index (κ3) is 6.71. The van der Waals surface area contributed by atoms with Gasteiger partial charge in [0.05, 0.1) is 6.42 Å². The number of esters is 1. The molecule has 1 N–H and O–H groups in total. The molecule has 1 amide bonds. The Morgan fingerprint density at radius 2 is 1.74 bits per heavy atom. The molecule has 0 aromatic heterocycles. The van der Waals surface area contributed by atoms with Gasteiger partial charge in [0.25, 0.3) is 5.91 Å². The van der Waals surface area contributed by atoms with Crippen LogP contribution in [-0.2, 0) is 14.3 Å². The molecule has 0 aliphatic heterocycles. The van der Waals surface area contributed by atoms with E-state index in [1.54, 1.807) is 19.1 Å². The summed E-state index contributed by atoms with van der Waals surface area (Å²) in [7, 11) is 0. The number of benzene rings is 2. The van der Waals surface area contributed by atoms with Crippen LogP contribution in [-0.4, -0.2) is 23.7 Å². The van der Waals surface area contributed by atoms with Crippen LogP contribution in [0.3, 0.4) is 0 Å². The van der Waals surface area contributed by atoms with E-state index in [2.05, 4.69) is 5.32 Å². The summed E-state index contributed by atoms with van der Waals surface area (Å²) in [6, 6.07) is 13.6. The van der Waals surface area contributed by atoms with Crippen molar-refractivity contribution in [3.8, 4) is 0 Å². The maximum Gasteiger partial charge on any atom is 0.307 e. The number of anilines is 1. The molecule has 6 heteroatoms. The van der Waals surface area contributed by atoms with Crippen LogP contribution in [0.4, 0.5) is 10.1 Å². The van der Waals surface area contributed by atoms with Gasteiger partial charge in [0.15, 0.2) is 6.10 Å². The highest BCUT2D eigenvalue weighted by atomic mass is 32.2. The Morgan fingerprint density at radius 1 is 1.07 bits per heavy atom. The van der Waals surface area contributed by atoms with Crippen molar-refractivity contribution in [2.24, 2.45) is 0 Å². The van der Waals surface area contributed by atoms with Gasteiger partial charge in [-0.2, -0.15) is 0 Å². The number of rotatable bonds is 8. The van der Waals surface area contributed by atoms with E-state index in [9.17, 15) is 14.0 Å². The summed E-state index contributed by atoms with van der Waals surface area (Å²) >= 11 is 1.43. The van der Waals surface area contributed by atoms with Gasteiger partial charge in [-0.05, 0) is 48.7 Å². The third-order valence-electron chi connectivity index (χ3n) is 3.91. The van der Waals surface area contributed by atoms with Crippen molar-refractivity contribution >= 4 is 29.3 Å². The Morgan fingerprint density at radius 3 is 2.41 bits per heavy atom. The Hall–Kier alpha value is -2.34. The first-order chi connectivity index (χ1) is 12.9. The molecule has 0 saturated carbocycles. The number of nitrogens with one attached hydrogen (secondary N) is 1. The van der Waals surface area contributed by atoms with Crippen LogP contribution in [0.2, 0.25) is 0 Å². The molecule has 0 aliphatic rings. The Labute approximate surface area is 163 Å². The molecular weight excluding hydrogens is 365 g/mol. The lowest BCUT2D eigenvalue weighted by Gasteiger charge is -2.17. The van der Waals surface area contributed by atoms with Crippen molar-refractivity contribution in [2.75, 3.05) is 11.1 Å². The van der Waals surface area contributed by atoms with E-state index in [4.69, 9.17) is 4.74 Å². The lowest BCUT2D eigenvalue weighted by atomic mass is 10.0. The van der Waals surface area contributed by atoms with Crippen LogP contribution >= 0.6 is 11.8 Å². The SMILES string of the molecule is CC(C)c1ccccc1NC(=O)[C@@H](C)OC(=O)CCSc1ccc(F)cc1. The topological polar surface area (TPSA) is 55.4 Å². The fraction of sp³-hybridized carbons (Fsp3) is 0.333. The van der Waals surface area contributed by atoms with Crippen LogP contribution in [0.5, 0.6) is 0 Å². The van der Waals surface area contributed by atoms with Crippen LogP contribution < -0.4 is 5.32 Å². The van der Waals surface area contributed by atoms with Gasteiger partial charge in [-0.3, -0.25) is 9.59 Å². The number of hydrogen-bond acceptors (Lipinski definition) is 4. The summed E-state index contributed by atoms with van der Waals surface area (Å²) in [5.74, 6) is -0.331. The lowest BCUT2D eigenvalue weighted by molar-refractivity contribution is -0.152. The second-order valence-electron chi connectivity index (χ2n) is 6.42. The first-order valence-corrected chi connectivity index (χ1v) is 9.83. The van der Waals surface area contributed by atoms with E-state index in [1.165, 1.54) is 23.9 Å². The first-order valence-electron chi connectivity index (χ1n) is 8.84. The molecular formula is C21H24FNO3S. The molecule has 0 spiro atoms. The molecule has 2 aromatic rings. The van der Waals surface area contributed by atoms with Crippen molar-refractivity contribution in [2.45, 2.75) is 44.1 Å². The summed E-state index contributed by atoms with van der Waals surface area (Å²) in [6.45, 7) is 5.65. The summed E-state index contributed by atoms with van der Waals surface area (Å²) in [4.78, 5) is 25.2. The van der Waals surface area contributed by atoms with Crippen molar-refractivity contribution < 1.29 is 18.7 Å². The van der Waals surface area contributed by atoms with E-state index in [0.717, 1.165) is 16.1 Å². The van der Waals surface area contributed by atoms with E-state index in [0.29, 0.717) is 5.75 Å². The number of hydrogen-bond donors (Lipinski definition) is 1. The number of ether oxygens (including phenoxy) is 1. The average Bonchev–Trinajstić information content (AvgIpc) is 2.63. The fourth-order valence-corrected chi connectivity index (χ4v) is 3.27. The zero-order chi connectivity index (χ0) is 19.8. The van der Waals surface area contributed by atoms with E-state index >= 15 is 0 Å². The third-order valence-corrected chi connectivity index (χ3v) is 4.92. The highest BCUT2D eigenvalue weighted by Gasteiger charge is 2.19. The zero-order valence-electron chi connectivity index (χ0n) is 15.7. The number of carbonyl (C=O) groups is 2. The zero-order valence-corrected chi connectivity index (χ0v) is 16.5. The monoisotopic (exact) mass is 389 g/mol. The fourth-order valence-electron chi connectivity index (χ4n) is 2.44. The van der Waals surface area contributed by atoms with E-state index < -0.39 is 12.1 Å². The quantitative estimate of drug-likeness (QED) is 0.510. The number of halogens is 1. The molecule has 1 atom stereocenters. The van der Waals surface area contributed by atoms with Crippen LogP contribution in [0.15, 0.2) is 53.4 Å². The standard InChI is InChI=1S/C21H24FNO3S/c1-14(2)18-6-4-5-7-19(18)23-21(25)15(3)26-20(24)12-13-27-17-10-8-16(22)9-11-17/h4-11,14-15H,12-13H2,1-3H3,(H,23,25)/t15-/m1/s1. The van der Waals surface area contributed by atoms with Gasteiger partial charge in [0.2, 0.25) is 0 Å². The van der Waals surface area contributed by atoms with Crippen molar-refractivity contribution in [3.63, 3.8) is 0 Å². The van der Waals surface area contributed by atoms with Gasteiger partial charge in [0.1, 0.15) is 5.82 Å². The number of carbonyl (C=O) groups excluding carboxylic acids is 2. The van der Waals surface area contributed by atoms with Crippen molar-refractivity contribution in [1.82, 2.24) is 0 Å². The van der Waals surface area contributed by atoms with Crippen LogP contribution in [0.1, 0.15) is 38.7 Å². The number of para-hydroxylation sites is 1. The van der Waals surface area contributed by atoms with Crippen molar-refractivity contribution in [3.05, 3.63) is 59.9 Å². The molecule has 2 aromatic carbocycles. The molecule has 0 fully saturated rings. The maximum absolute atomic E-state index is 12.9. The largest absolute Gasteiger partial charge is 0.453 e. The highest BCUT2D eigenvalue weighted by Crippen LogP contribution is 2.24. The number of thioether (sulfide) groups is 1. The predicted octanol–water partition coefficient (Wildman–Crippen LogP) is 5.00. The second-order valence-corrected chi connectivity index (χ2v) is 7.58. The molecule has 0 heterocycles. The lowest BCUT2D eigenvalue weighted by Crippen LogP contribution is -2.30. The van der Waals surface area contributed by atoms with Crippen molar-refractivity contribution in [1.29, 1.82) is 0 Å². The molecule has 0 radical (unpaired) electrons. The normalized spacial score (nSPS) is 11.9.